The normalized spacial score (nSPS) is 17.8. The third kappa shape index (κ3) is 1.20. The molecule has 1 heterocycles. The van der Waals surface area contributed by atoms with Crippen molar-refractivity contribution in [2.24, 2.45) is 0 Å². The Morgan fingerprint density at radius 1 is 1.64 bits per heavy atom. The fourth-order valence-corrected chi connectivity index (χ4v) is 1.90. The van der Waals surface area contributed by atoms with Crippen molar-refractivity contribution < 1.29 is 9.90 Å². The summed E-state index contributed by atoms with van der Waals surface area (Å²) >= 11 is 0. The molecule has 0 atom stereocenters. The van der Waals surface area contributed by atoms with E-state index in [0.717, 1.165) is 30.4 Å². The molecular weight excluding hydrogens is 178 g/mol. The zero-order chi connectivity index (χ0) is 10.2. The van der Waals surface area contributed by atoms with E-state index < -0.39 is 11.4 Å². The number of aromatic nitrogens is 1. The maximum Gasteiger partial charge on any atom is 0.314 e. The van der Waals surface area contributed by atoms with E-state index in [1.807, 2.05) is 13.0 Å². The zero-order valence-electron chi connectivity index (χ0n) is 8.16. The number of hydrogen-bond acceptors (Lipinski definition) is 2. The van der Waals surface area contributed by atoms with Crippen molar-refractivity contribution in [1.29, 1.82) is 0 Å². The predicted octanol–water partition coefficient (Wildman–Crippen LogP) is 1.76. The summed E-state index contributed by atoms with van der Waals surface area (Å²) in [5, 5.41) is 9.16. The number of carboxylic acids is 1. The highest BCUT2D eigenvalue weighted by molar-refractivity contribution is 5.85. The largest absolute Gasteiger partial charge is 0.481 e. The molecule has 0 aromatic carbocycles. The van der Waals surface area contributed by atoms with Gasteiger partial charge < -0.3 is 5.11 Å². The van der Waals surface area contributed by atoms with Gasteiger partial charge in [0, 0.05) is 12.4 Å². The van der Waals surface area contributed by atoms with Crippen LogP contribution in [0.25, 0.3) is 0 Å². The van der Waals surface area contributed by atoms with Gasteiger partial charge in [-0.05, 0) is 36.5 Å². The third-order valence-electron chi connectivity index (χ3n) is 2.96. The lowest BCUT2D eigenvalue weighted by atomic mass is 9.92. The molecule has 0 aliphatic heterocycles. The van der Waals surface area contributed by atoms with Gasteiger partial charge in [-0.1, -0.05) is 6.92 Å². The first-order valence-electron chi connectivity index (χ1n) is 4.87. The van der Waals surface area contributed by atoms with Gasteiger partial charge in [-0.3, -0.25) is 9.78 Å². The van der Waals surface area contributed by atoms with Crippen LogP contribution in [0.5, 0.6) is 0 Å². The maximum absolute atomic E-state index is 11.1. The number of rotatable bonds is 3. The number of carboxylic acid groups (broad SMARTS) is 1. The molecule has 1 fully saturated rings. The highest BCUT2D eigenvalue weighted by Gasteiger charge is 2.52. The summed E-state index contributed by atoms with van der Waals surface area (Å²) in [5.41, 5.74) is 1.43. The van der Waals surface area contributed by atoms with Gasteiger partial charge in [0.05, 0.1) is 5.41 Å². The number of aliphatic carboxylic acids is 1. The molecule has 0 radical (unpaired) electrons. The van der Waals surface area contributed by atoms with Crippen molar-refractivity contribution in [1.82, 2.24) is 4.98 Å². The van der Waals surface area contributed by atoms with E-state index in [2.05, 4.69) is 4.98 Å². The summed E-state index contributed by atoms with van der Waals surface area (Å²) in [4.78, 5) is 15.2. The average molecular weight is 191 g/mol. The highest BCUT2D eigenvalue weighted by Crippen LogP contribution is 2.49. The SMILES string of the molecule is CCc1cnccc1C1(C(=O)O)CC1. The Labute approximate surface area is 82.8 Å². The van der Waals surface area contributed by atoms with Crippen LogP contribution in [0.2, 0.25) is 0 Å². The monoisotopic (exact) mass is 191 g/mol. The highest BCUT2D eigenvalue weighted by atomic mass is 16.4. The maximum atomic E-state index is 11.1. The minimum atomic E-state index is -0.696. The third-order valence-corrected chi connectivity index (χ3v) is 2.96. The van der Waals surface area contributed by atoms with Gasteiger partial charge in [-0.2, -0.15) is 0 Å². The van der Waals surface area contributed by atoms with Crippen LogP contribution in [0.4, 0.5) is 0 Å². The Balaban J connectivity index is 2.46. The second kappa shape index (κ2) is 3.08. The molecular formula is C11H13NO2. The van der Waals surface area contributed by atoms with Crippen LogP contribution in [-0.4, -0.2) is 16.1 Å². The van der Waals surface area contributed by atoms with Gasteiger partial charge >= 0.3 is 5.97 Å². The number of hydrogen-bond donors (Lipinski definition) is 1. The smallest absolute Gasteiger partial charge is 0.314 e. The van der Waals surface area contributed by atoms with Crippen LogP contribution >= 0.6 is 0 Å². The Kier molecular flexibility index (Phi) is 2.02. The molecule has 0 saturated heterocycles. The minimum absolute atomic E-state index is 0.589. The van der Waals surface area contributed by atoms with Crippen molar-refractivity contribution in [2.75, 3.05) is 0 Å². The first-order chi connectivity index (χ1) is 6.70. The molecule has 74 valence electrons. The van der Waals surface area contributed by atoms with Gasteiger partial charge in [-0.15, -0.1) is 0 Å². The Hall–Kier alpha value is -1.38. The van der Waals surface area contributed by atoms with Crippen molar-refractivity contribution in [3.8, 4) is 0 Å². The van der Waals surface area contributed by atoms with Crippen LogP contribution in [0.1, 0.15) is 30.9 Å². The van der Waals surface area contributed by atoms with Crippen LogP contribution in [0, 0.1) is 0 Å². The fourth-order valence-electron chi connectivity index (χ4n) is 1.90. The summed E-state index contributed by atoms with van der Waals surface area (Å²) in [7, 11) is 0. The first-order valence-corrected chi connectivity index (χ1v) is 4.87. The lowest BCUT2D eigenvalue weighted by Crippen LogP contribution is -2.21. The number of nitrogens with zero attached hydrogens (tertiary/aromatic N) is 1. The summed E-state index contributed by atoms with van der Waals surface area (Å²) < 4.78 is 0. The fraction of sp³-hybridized carbons (Fsp3) is 0.455. The standard InChI is InChI=1S/C11H13NO2/c1-2-8-7-12-6-3-9(8)11(4-5-11)10(13)14/h3,6-7H,2,4-5H2,1H3,(H,13,14). The Morgan fingerprint density at radius 2 is 2.36 bits per heavy atom. The van der Waals surface area contributed by atoms with Gasteiger partial charge in [0.15, 0.2) is 0 Å². The van der Waals surface area contributed by atoms with Crippen LogP contribution in [0.3, 0.4) is 0 Å². The van der Waals surface area contributed by atoms with Gasteiger partial charge in [-0.25, -0.2) is 0 Å². The average Bonchev–Trinajstić information content (AvgIpc) is 2.98. The summed E-state index contributed by atoms with van der Waals surface area (Å²) in [6, 6.07) is 1.85. The van der Waals surface area contributed by atoms with Crippen molar-refractivity contribution in [3.05, 3.63) is 29.6 Å². The van der Waals surface area contributed by atoms with E-state index in [-0.39, 0.29) is 0 Å². The zero-order valence-corrected chi connectivity index (χ0v) is 8.16. The molecule has 0 bridgehead atoms. The van der Waals surface area contributed by atoms with E-state index in [1.54, 1.807) is 12.4 Å². The minimum Gasteiger partial charge on any atom is -0.481 e. The first kappa shape index (κ1) is 9.19. The van der Waals surface area contributed by atoms with Crippen molar-refractivity contribution >= 4 is 5.97 Å². The van der Waals surface area contributed by atoms with Crippen LogP contribution in [-0.2, 0) is 16.6 Å². The van der Waals surface area contributed by atoms with E-state index >= 15 is 0 Å². The number of carbonyl (C=O) groups is 1. The lowest BCUT2D eigenvalue weighted by molar-refractivity contribution is -0.140. The van der Waals surface area contributed by atoms with E-state index in [4.69, 9.17) is 5.11 Å². The summed E-state index contributed by atoms with van der Waals surface area (Å²) in [6.07, 6.45) is 5.83. The van der Waals surface area contributed by atoms with E-state index in [0.29, 0.717) is 0 Å². The molecule has 0 spiro atoms. The Morgan fingerprint density at radius 3 is 2.86 bits per heavy atom. The number of aryl methyl sites for hydroxylation is 1. The second-order valence-corrected chi connectivity index (χ2v) is 3.77. The molecule has 3 heteroatoms. The van der Waals surface area contributed by atoms with Gasteiger partial charge in [0.2, 0.25) is 0 Å². The molecule has 14 heavy (non-hydrogen) atoms. The molecule has 1 saturated carbocycles. The molecule has 0 unspecified atom stereocenters. The molecule has 1 aliphatic rings. The molecule has 1 aromatic heterocycles. The molecule has 1 N–H and O–H groups in total. The Bertz CT molecular complexity index is 369. The predicted molar refractivity (Wildman–Crippen MR) is 52.2 cm³/mol. The lowest BCUT2D eigenvalue weighted by Gasteiger charge is -2.13. The van der Waals surface area contributed by atoms with Gasteiger partial charge in [0.25, 0.3) is 0 Å². The van der Waals surface area contributed by atoms with Gasteiger partial charge in [0.1, 0.15) is 0 Å². The van der Waals surface area contributed by atoms with Crippen molar-refractivity contribution in [3.63, 3.8) is 0 Å². The molecule has 1 aromatic rings. The second-order valence-electron chi connectivity index (χ2n) is 3.77. The molecule has 0 amide bonds. The molecule has 1 aliphatic carbocycles. The van der Waals surface area contributed by atoms with E-state index in [1.165, 1.54) is 0 Å². The quantitative estimate of drug-likeness (QED) is 0.792. The molecule has 2 rings (SSSR count). The summed E-state index contributed by atoms with van der Waals surface area (Å²) in [5.74, 6) is -0.696. The van der Waals surface area contributed by atoms with Crippen LogP contribution in [0.15, 0.2) is 18.5 Å². The topological polar surface area (TPSA) is 50.2 Å². The number of pyridine rings is 1. The van der Waals surface area contributed by atoms with E-state index in [9.17, 15) is 4.79 Å². The molecule has 3 nitrogen and oxygen atoms in total. The van der Waals surface area contributed by atoms with Crippen LogP contribution < -0.4 is 0 Å². The summed E-state index contributed by atoms with van der Waals surface area (Å²) in [6.45, 7) is 2.03. The van der Waals surface area contributed by atoms with Crippen molar-refractivity contribution in [2.45, 2.75) is 31.6 Å².